The number of hydrogen-bond donors (Lipinski definition) is 1. The molecule has 0 unspecified atom stereocenters. The quantitative estimate of drug-likeness (QED) is 0.873. The van der Waals surface area contributed by atoms with Crippen LogP contribution in [0.15, 0.2) is 36.7 Å². The van der Waals surface area contributed by atoms with Gasteiger partial charge in [0.05, 0.1) is 27.5 Å². The van der Waals surface area contributed by atoms with Crippen molar-refractivity contribution in [1.82, 2.24) is 14.7 Å². The smallest absolute Gasteiger partial charge is 0.259 e. The van der Waals surface area contributed by atoms with Gasteiger partial charge in [0, 0.05) is 18.0 Å². The molecule has 1 N–H and O–H groups in total. The summed E-state index contributed by atoms with van der Waals surface area (Å²) in [6.07, 6.45) is -1.86. The van der Waals surface area contributed by atoms with Crippen LogP contribution in [0.1, 0.15) is 45.1 Å². The van der Waals surface area contributed by atoms with E-state index in [-0.39, 0.29) is 6.04 Å². The predicted octanol–water partition coefficient (Wildman–Crippen LogP) is 4.28. The number of nitrogens with one attached hydrogen (secondary N) is 1. The lowest BCUT2D eigenvalue weighted by molar-refractivity contribution is -0.141. The minimum Gasteiger partial charge on any atom is -0.259 e. The normalized spacial score (nSPS) is 15.0. The van der Waals surface area contributed by atoms with E-state index < -0.39 is 27.6 Å². The molecule has 2 aromatic rings. The lowest BCUT2D eigenvalue weighted by atomic mass is 10.1. The Kier molecular flexibility index (Phi) is 5.63. The lowest BCUT2D eigenvalue weighted by Crippen LogP contribution is -2.35. The highest BCUT2D eigenvalue weighted by Gasteiger charge is 2.32. The summed E-state index contributed by atoms with van der Waals surface area (Å²) < 4.78 is 53.0. The van der Waals surface area contributed by atoms with Gasteiger partial charge in [-0.15, -0.1) is 0 Å². The van der Waals surface area contributed by atoms with Gasteiger partial charge in [0.1, 0.15) is 5.69 Å². The van der Waals surface area contributed by atoms with Gasteiger partial charge in [0.15, 0.2) is 0 Å². The van der Waals surface area contributed by atoms with Crippen molar-refractivity contribution in [2.45, 2.75) is 44.7 Å². The monoisotopic (exact) mass is 371 g/mol. The second kappa shape index (κ2) is 7.21. The molecule has 0 saturated carbocycles. The molecule has 136 valence electrons. The summed E-state index contributed by atoms with van der Waals surface area (Å²) in [5, 5.41) is 0. The zero-order valence-electron chi connectivity index (χ0n) is 14.4. The van der Waals surface area contributed by atoms with E-state index >= 15 is 0 Å². The summed E-state index contributed by atoms with van der Waals surface area (Å²) in [5.41, 5.74) is 0.664. The standard InChI is InChI=1S/C17H20F3N3OS/c1-11(23-25(24)16(2,3)4)14-6-5-13(10-22-14)12-7-8-21-15(9-12)17(18,19)20/h5-11,23H,1-4H3/t11-,25-/m0/s1. The number of rotatable bonds is 4. The molecule has 0 amide bonds. The Morgan fingerprint density at radius 1 is 1.08 bits per heavy atom. The Balaban J connectivity index is 2.19. The molecule has 2 aromatic heterocycles. The van der Waals surface area contributed by atoms with Gasteiger partial charge < -0.3 is 0 Å². The van der Waals surface area contributed by atoms with Gasteiger partial charge in [-0.25, -0.2) is 8.93 Å². The van der Waals surface area contributed by atoms with Gasteiger partial charge in [0.2, 0.25) is 0 Å². The third kappa shape index (κ3) is 5.09. The van der Waals surface area contributed by atoms with E-state index in [9.17, 15) is 17.4 Å². The maximum atomic E-state index is 12.8. The first-order valence-electron chi connectivity index (χ1n) is 7.66. The molecule has 0 spiro atoms. The van der Waals surface area contributed by atoms with Crippen molar-refractivity contribution in [3.63, 3.8) is 0 Å². The third-order valence-corrected chi connectivity index (χ3v) is 5.13. The van der Waals surface area contributed by atoms with Crippen molar-refractivity contribution in [3.8, 4) is 11.1 Å². The molecule has 0 bridgehead atoms. The van der Waals surface area contributed by atoms with E-state index in [2.05, 4.69) is 14.7 Å². The number of halogens is 3. The molecule has 25 heavy (non-hydrogen) atoms. The van der Waals surface area contributed by atoms with Crippen molar-refractivity contribution in [2.75, 3.05) is 0 Å². The highest BCUT2D eigenvalue weighted by Crippen LogP contribution is 2.30. The maximum Gasteiger partial charge on any atom is 0.433 e. The molecule has 2 heterocycles. The molecule has 4 nitrogen and oxygen atoms in total. The van der Waals surface area contributed by atoms with E-state index in [1.165, 1.54) is 12.3 Å². The van der Waals surface area contributed by atoms with Gasteiger partial charge in [-0.3, -0.25) is 9.97 Å². The molecule has 2 atom stereocenters. The molecular weight excluding hydrogens is 351 g/mol. The topological polar surface area (TPSA) is 54.9 Å². The zero-order valence-corrected chi connectivity index (χ0v) is 15.2. The van der Waals surface area contributed by atoms with E-state index in [4.69, 9.17) is 0 Å². The van der Waals surface area contributed by atoms with Crippen LogP contribution in [0.4, 0.5) is 13.2 Å². The molecule has 0 radical (unpaired) electrons. The van der Waals surface area contributed by atoms with Crippen LogP contribution >= 0.6 is 0 Å². The van der Waals surface area contributed by atoms with E-state index in [0.29, 0.717) is 16.8 Å². The molecule has 8 heteroatoms. The van der Waals surface area contributed by atoms with Crippen LogP contribution in [0.3, 0.4) is 0 Å². The Labute approximate surface area is 147 Å². The summed E-state index contributed by atoms with van der Waals surface area (Å²) in [5.74, 6) is 0. The second-order valence-corrected chi connectivity index (χ2v) is 8.62. The van der Waals surface area contributed by atoms with Crippen LogP contribution in [0.25, 0.3) is 11.1 Å². The molecule has 0 aliphatic heterocycles. The first-order valence-corrected chi connectivity index (χ1v) is 8.81. The number of hydrogen-bond acceptors (Lipinski definition) is 3. The number of pyridine rings is 2. The summed E-state index contributed by atoms with van der Waals surface area (Å²) >= 11 is 0. The van der Waals surface area contributed by atoms with Crippen LogP contribution in [0, 0.1) is 0 Å². The summed E-state index contributed by atoms with van der Waals surface area (Å²) in [6, 6.07) is 5.64. The van der Waals surface area contributed by atoms with E-state index in [1.54, 1.807) is 12.1 Å². The Bertz CT molecular complexity index is 755. The van der Waals surface area contributed by atoms with E-state index in [1.807, 2.05) is 27.7 Å². The molecule has 0 aromatic carbocycles. The number of nitrogens with zero attached hydrogens (tertiary/aromatic N) is 2. The highest BCUT2D eigenvalue weighted by molar-refractivity contribution is 7.84. The van der Waals surface area contributed by atoms with Crippen molar-refractivity contribution in [3.05, 3.63) is 48.0 Å². The van der Waals surface area contributed by atoms with Crippen molar-refractivity contribution in [1.29, 1.82) is 0 Å². The zero-order chi connectivity index (χ0) is 18.8. The third-order valence-electron chi connectivity index (χ3n) is 3.45. The Morgan fingerprint density at radius 3 is 2.28 bits per heavy atom. The van der Waals surface area contributed by atoms with Gasteiger partial charge in [0.25, 0.3) is 0 Å². The van der Waals surface area contributed by atoms with Crippen LogP contribution in [0.2, 0.25) is 0 Å². The van der Waals surface area contributed by atoms with Crippen LogP contribution < -0.4 is 4.72 Å². The summed E-state index contributed by atoms with van der Waals surface area (Å²) in [7, 11) is -1.25. The van der Waals surface area contributed by atoms with Crippen molar-refractivity contribution in [2.24, 2.45) is 0 Å². The minimum atomic E-state index is -4.49. The highest BCUT2D eigenvalue weighted by atomic mass is 32.2. The fourth-order valence-electron chi connectivity index (χ4n) is 2.00. The number of aromatic nitrogens is 2. The van der Waals surface area contributed by atoms with Gasteiger partial charge in [-0.2, -0.15) is 13.2 Å². The SMILES string of the molecule is C[C@H](N[S@@](=O)C(C)(C)C)c1ccc(-c2ccnc(C(F)(F)F)c2)cn1. The molecule has 0 fully saturated rings. The molecule has 0 aliphatic rings. The number of alkyl halides is 3. The predicted molar refractivity (Wildman–Crippen MR) is 91.9 cm³/mol. The maximum absolute atomic E-state index is 12.8. The fourth-order valence-corrected chi connectivity index (χ4v) is 2.79. The van der Waals surface area contributed by atoms with E-state index in [0.717, 1.165) is 12.3 Å². The Morgan fingerprint density at radius 2 is 1.76 bits per heavy atom. The first-order chi connectivity index (χ1) is 11.5. The molecule has 0 saturated heterocycles. The van der Waals surface area contributed by atoms with Crippen molar-refractivity contribution < 1.29 is 17.4 Å². The summed E-state index contributed by atoms with van der Waals surface area (Å²) in [6.45, 7) is 7.42. The van der Waals surface area contributed by atoms with Crippen LogP contribution in [-0.2, 0) is 17.2 Å². The van der Waals surface area contributed by atoms with Crippen LogP contribution in [-0.4, -0.2) is 18.9 Å². The fraction of sp³-hybridized carbons (Fsp3) is 0.412. The summed E-state index contributed by atoms with van der Waals surface area (Å²) in [4.78, 5) is 7.63. The minimum absolute atomic E-state index is 0.253. The molecule has 2 rings (SSSR count). The molecular formula is C17H20F3N3OS. The Hall–Kier alpha value is -1.80. The van der Waals surface area contributed by atoms with Gasteiger partial charge in [-0.05, 0) is 51.5 Å². The van der Waals surface area contributed by atoms with Gasteiger partial charge in [-0.1, -0.05) is 6.07 Å². The first kappa shape index (κ1) is 19.5. The lowest BCUT2D eigenvalue weighted by Gasteiger charge is -2.21. The molecule has 0 aliphatic carbocycles. The average Bonchev–Trinajstić information content (AvgIpc) is 2.53. The van der Waals surface area contributed by atoms with Crippen LogP contribution in [0.5, 0.6) is 0 Å². The van der Waals surface area contributed by atoms with Gasteiger partial charge >= 0.3 is 6.18 Å². The largest absolute Gasteiger partial charge is 0.433 e. The average molecular weight is 371 g/mol. The van der Waals surface area contributed by atoms with Crippen molar-refractivity contribution >= 4 is 11.0 Å². The second-order valence-electron chi connectivity index (χ2n) is 6.62.